The third-order valence-corrected chi connectivity index (χ3v) is 4.38. The number of hydrogen-bond acceptors (Lipinski definition) is 4. The summed E-state index contributed by atoms with van der Waals surface area (Å²) in [7, 11) is -1.55. The topological polar surface area (TPSA) is 64.8 Å². The molecule has 1 aromatic carbocycles. The number of alkyl halides is 3. The van der Waals surface area contributed by atoms with E-state index in [2.05, 4.69) is 9.97 Å². The molecule has 0 amide bonds. The van der Waals surface area contributed by atoms with Crippen LogP contribution >= 0.6 is 11.6 Å². The van der Waals surface area contributed by atoms with Crippen molar-refractivity contribution in [2.45, 2.75) is 11.3 Å². The smallest absolute Gasteiger partial charge is 0.269 e. The van der Waals surface area contributed by atoms with E-state index in [1.165, 1.54) is 18.4 Å². The van der Waals surface area contributed by atoms with E-state index in [0.717, 1.165) is 28.8 Å². The van der Waals surface area contributed by atoms with Crippen molar-refractivity contribution in [2.24, 2.45) is 0 Å². The van der Waals surface area contributed by atoms with Gasteiger partial charge in [0.05, 0.1) is 27.4 Å². The van der Waals surface area contributed by atoms with Crippen LogP contribution in [-0.4, -0.2) is 25.0 Å². The number of hydrogen-bond donors (Lipinski definition) is 0. The Bertz CT molecular complexity index is 1050. The van der Waals surface area contributed by atoms with Crippen molar-refractivity contribution >= 4 is 33.4 Å². The SMILES string of the molecule is CS(=O)c1nc(Cl)c2ccc(=O)n(-c3ccc(C(F)(F)F)cc3)c2n1. The lowest BCUT2D eigenvalue weighted by atomic mass is 10.2. The van der Waals surface area contributed by atoms with E-state index in [1.807, 2.05) is 0 Å². The summed E-state index contributed by atoms with van der Waals surface area (Å²) >= 11 is 6.05. The van der Waals surface area contributed by atoms with Gasteiger partial charge in [-0.15, -0.1) is 0 Å². The molecule has 0 radical (unpaired) electrons. The van der Waals surface area contributed by atoms with Gasteiger partial charge in [-0.1, -0.05) is 11.6 Å². The normalized spacial score (nSPS) is 13.2. The first-order chi connectivity index (χ1) is 11.7. The van der Waals surface area contributed by atoms with Crippen LogP contribution in [0.2, 0.25) is 5.15 Å². The average molecular weight is 388 g/mol. The number of nitrogens with zero attached hydrogens (tertiary/aromatic N) is 3. The zero-order valence-corrected chi connectivity index (χ0v) is 14.1. The fourth-order valence-electron chi connectivity index (χ4n) is 2.24. The van der Waals surface area contributed by atoms with E-state index < -0.39 is 28.1 Å². The van der Waals surface area contributed by atoms with Crippen molar-refractivity contribution in [1.29, 1.82) is 0 Å². The molecule has 25 heavy (non-hydrogen) atoms. The van der Waals surface area contributed by atoms with Crippen molar-refractivity contribution < 1.29 is 17.4 Å². The summed E-state index contributed by atoms with van der Waals surface area (Å²) in [5, 5.41) is 0.231. The Labute approximate surface area is 146 Å². The van der Waals surface area contributed by atoms with Gasteiger partial charge < -0.3 is 0 Å². The summed E-state index contributed by atoms with van der Waals surface area (Å²) in [6.45, 7) is 0. The number of rotatable bonds is 2. The minimum atomic E-state index is -4.49. The maximum absolute atomic E-state index is 12.7. The molecule has 0 bridgehead atoms. The van der Waals surface area contributed by atoms with E-state index in [9.17, 15) is 22.2 Å². The predicted molar refractivity (Wildman–Crippen MR) is 87.5 cm³/mol. The molecular weight excluding hydrogens is 379 g/mol. The van der Waals surface area contributed by atoms with E-state index >= 15 is 0 Å². The lowest BCUT2D eigenvalue weighted by Crippen LogP contribution is -2.19. The largest absolute Gasteiger partial charge is 0.416 e. The summed E-state index contributed by atoms with van der Waals surface area (Å²) in [5.74, 6) is 0. The highest BCUT2D eigenvalue weighted by Crippen LogP contribution is 2.30. The van der Waals surface area contributed by atoms with Crippen LogP contribution in [0, 0.1) is 0 Å². The van der Waals surface area contributed by atoms with Gasteiger partial charge in [0.1, 0.15) is 5.15 Å². The molecule has 0 aliphatic carbocycles. The van der Waals surface area contributed by atoms with Gasteiger partial charge in [0.2, 0.25) is 5.16 Å². The van der Waals surface area contributed by atoms with Gasteiger partial charge in [-0.2, -0.15) is 13.2 Å². The van der Waals surface area contributed by atoms with Crippen LogP contribution in [0.25, 0.3) is 16.7 Å². The Morgan fingerprint density at radius 1 is 1.08 bits per heavy atom. The minimum Gasteiger partial charge on any atom is -0.269 e. The Kier molecular flexibility index (Phi) is 4.38. The van der Waals surface area contributed by atoms with Crippen molar-refractivity contribution in [2.75, 3.05) is 6.26 Å². The quantitative estimate of drug-likeness (QED) is 0.500. The first kappa shape index (κ1) is 17.6. The first-order valence-corrected chi connectivity index (χ1v) is 8.72. The number of benzene rings is 1. The van der Waals surface area contributed by atoms with Gasteiger partial charge in [-0.3, -0.25) is 13.6 Å². The van der Waals surface area contributed by atoms with Crippen LogP contribution in [0.15, 0.2) is 46.3 Å². The van der Waals surface area contributed by atoms with Crippen molar-refractivity contribution in [3.05, 3.63) is 57.5 Å². The van der Waals surface area contributed by atoms with E-state index in [-0.39, 0.29) is 21.6 Å². The molecular formula is C15H9ClF3N3O2S. The zero-order chi connectivity index (χ0) is 18.4. The second kappa shape index (κ2) is 6.23. The van der Waals surface area contributed by atoms with Gasteiger partial charge >= 0.3 is 6.18 Å². The lowest BCUT2D eigenvalue weighted by Gasteiger charge is -2.12. The van der Waals surface area contributed by atoms with E-state index in [4.69, 9.17) is 11.6 Å². The molecule has 0 spiro atoms. The van der Waals surface area contributed by atoms with Crippen molar-refractivity contribution in [3.63, 3.8) is 0 Å². The molecule has 130 valence electrons. The molecule has 0 aliphatic rings. The Morgan fingerprint density at radius 2 is 1.72 bits per heavy atom. The van der Waals surface area contributed by atoms with Crippen molar-refractivity contribution in [3.8, 4) is 5.69 Å². The molecule has 0 fully saturated rings. The van der Waals surface area contributed by atoms with Gasteiger partial charge in [0.25, 0.3) is 5.56 Å². The summed E-state index contributed by atoms with van der Waals surface area (Å²) in [5.41, 5.74) is -1.12. The number of pyridine rings is 1. The monoisotopic (exact) mass is 387 g/mol. The molecule has 0 saturated carbocycles. The Hall–Kier alpha value is -2.26. The average Bonchev–Trinajstić information content (AvgIpc) is 2.53. The van der Waals surface area contributed by atoms with Crippen LogP contribution in [-0.2, 0) is 17.0 Å². The molecule has 5 nitrogen and oxygen atoms in total. The Balaban J connectivity index is 2.30. The van der Waals surface area contributed by atoms with E-state index in [1.54, 1.807) is 0 Å². The first-order valence-electron chi connectivity index (χ1n) is 6.79. The maximum atomic E-state index is 12.7. The maximum Gasteiger partial charge on any atom is 0.416 e. The van der Waals surface area contributed by atoms with Crippen LogP contribution < -0.4 is 5.56 Å². The molecule has 2 heterocycles. The Morgan fingerprint density at radius 3 is 2.28 bits per heavy atom. The van der Waals surface area contributed by atoms with Crippen LogP contribution in [0.1, 0.15) is 5.56 Å². The summed E-state index contributed by atoms with van der Waals surface area (Å²) in [4.78, 5) is 20.3. The molecule has 3 aromatic rings. The molecule has 0 N–H and O–H groups in total. The highest BCUT2D eigenvalue weighted by atomic mass is 35.5. The van der Waals surface area contributed by atoms with E-state index in [0.29, 0.717) is 5.39 Å². The molecule has 0 saturated heterocycles. The fourth-order valence-corrected chi connectivity index (χ4v) is 2.95. The summed E-state index contributed by atoms with van der Waals surface area (Å²) < 4.78 is 50.9. The lowest BCUT2D eigenvalue weighted by molar-refractivity contribution is -0.137. The molecule has 1 unspecified atom stereocenters. The molecule has 2 aromatic heterocycles. The molecule has 3 rings (SSSR count). The molecule has 10 heteroatoms. The third-order valence-electron chi connectivity index (χ3n) is 3.39. The second-order valence-electron chi connectivity index (χ2n) is 5.04. The highest BCUT2D eigenvalue weighted by Gasteiger charge is 2.30. The summed E-state index contributed by atoms with van der Waals surface area (Å²) in [6.07, 6.45) is -3.14. The standard InChI is InChI=1S/C15H9ClF3N3O2S/c1-25(24)14-20-12(16)10-6-7-11(23)22(13(10)21-14)9-4-2-8(3-5-9)15(17,18)19/h2-7H,1H3. The van der Waals surface area contributed by atoms with Crippen LogP contribution in [0.4, 0.5) is 13.2 Å². The number of aromatic nitrogens is 3. The highest BCUT2D eigenvalue weighted by molar-refractivity contribution is 7.84. The van der Waals surface area contributed by atoms with Gasteiger partial charge in [-0.05, 0) is 30.3 Å². The van der Waals surface area contributed by atoms with Crippen molar-refractivity contribution in [1.82, 2.24) is 14.5 Å². The summed E-state index contributed by atoms with van der Waals surface area (Å²) in [6, 6.07) is 6.65. The zero-order valence-electron chi connectivity index (χ0n) is 12.5. The molecule has 1 atom stereocenters. The number of halogens is 4. The second-order valence-corrected chi connectivity index (χ2v) is 6.67. The van der Waals surface area contributed by atoms with Gasteiger partial charge in [0, 0.05) is 12.3 Å². The fraction of sp³-hybridized carbons (Fsp3) is 0.133. The molecule has 0 aliphatic heterocycles. The number of fused-ring (bicyclic) bond motifs is 1. The minimum absolute atomic E-state index is 0.00383. The third kappa shape index (κ3) is 3.29. The van der Waals surface area contributed by atoms with Gasteiger partial charge in [0.15, 0.2) is 5.65 Å². The van der Waals surface area contributed by atoms with Crippen LogP contribution in [0.3, 0.4) is 0 Å². The van der Waals surface area contributed by atoms with Gasteiger partial charge in [-0.25, -0.2) is 9.97 Å². The predicted octanol–water partition coefficient (Wildman–Crippen LogP) is 3.19. The van der Waals surface area contributed by atoms with Crippen LogP contribution in [0.5, 0.6) is 0 Å².